The molecule has 76 valence electrons. The molecule has 0 saturated heterocycles. The van der Waals surface area contributed by atoms with E-state index in [1.165, 1.54) is 6.42 Å². The van der Waals surface area contributed by atoms with Gasteiger partial charge in [0, 0.05) is 23.2 Å². The fourth-order valence-electron chi connectivity index (χ4n) is 1.56. The molecule has 1 fully saturated rings. The van der Waals surface area contributed by atoms with Gasteiger partial charge in [-0.15, -0.1) is 0 Å². The van der Waals surface area contributed by atoms with Gasteiger partial charge in [-0.2, -0.15) is 0 Å². The minimum Gasteiger partial charge on any atom is -0.508 e. The van der Waals surface area contributed by atoms with Crippen LogP contribution < -0.4 is 5.32 Å². The number of hydrogen-bond donors (Lipinski definition) is 2. The summed E-state index contributed by atoms with van der Waals surface area (Å²) < 4.78 is 0. The number of rotatable bonds is 3. The van der Waals surface area contributed by atoms with Gasteiger partial charge in [-0.3, -0.25) is 0 Å². The van der Waals surface area contributed by atoms with Crippen LogP contribution in [0.25, 0.3) is 0 Å². The average Bonchev–Trinajstić information content (AvgIpc) is 2.81. The summed E-state index contributed by atoms with van der Waals surface area (Å²) in [6, 6.07) is 5.82. The predicted molar refractivity (Wildman–Crippen MR) is 57.5 cm³/mol. The van der Waals surface area contributed by atoms with Gasteiger partial charge in [-0.25, -0.2) is 0 Å². The van der Waals surface area contributed by atoms with Crippen molar-refractivity contribution < 1.29 is 5.11 Å². The van der Waals surface area contributed by atoms with Gasteiger partial charge in [0.05, 0.1) is 0 Å². The van der Waals surface area contributed by atoms with Crippen LogP contribution in [0.3, 0.4) is 0 Å². The summed E-state index contributed by atoms with van der Waals surface area (Å²) in [5, 5.41) is 13.6. The van der Waals surface area contributed by atoms with Gasteiger partial charge in [-0.05, 0) is 24.5 Å². The zero-order chi connectivity index (χ0) is 10.1. The van der Waals surface area contributed by atoms with E-state index >= 15 is 0 Å². The molecule has 2 N–H and O–H groups in total. The maximum Gasteiger partial charge on any atom is 0.121 e. The first-order valence-corrected chi connectivity index (χ1v) is 5.26. The molecule has 0 heterocycles. The van der Waals surface area contributed by atoms with Crippen molar-refractivity contribution in [3.8, 4) is 5.75 Å². The molecule has 2 nitrogen and oxygen atoms in total. The quantitative estimate of drug-likeness (QED) is 0.806. The molecule has 14 heavy (non-hydrogen) atoms. The standard InChI is InChI=1S/C11H14ClNO/c1-7-5-10(7)13-6-8-9(12)3-2-4-11(8)14/h2-4,7,10,13-14H,5-6H2,1H3/t7-,10-/m1/s1. The van der Waals surface area contributed by atoms with Crippen LogP contribution in [0.4, 0.5) is 0 Å². The lowest BCUT2D eigenvalue weighted by molar-refractivity contribution is 0.464. The van der Waals surface area contributed by atoms with Crippen molar-refractivity contribution in [3.63, 3.8) is 0 Å². The summed E-state index contributed by atoms with van der Waals surface area (Å²) >= 11 is 5.97. The largest absolute Gasteiger partial charge is 0.508 e. The summed E-state index contributed by atoms with van der Waals surface area (Å²) in [6.45, 7) is 2.87. The lowest BCUT2D eigenvalue weighted by Crippen LogP contribution is -2.17. The van der Waals surface area contributed by atoms with Crippen LogP contribution in [0.5, 0.6) is 5.75 Å². The molecular weight excluding hydrogens is 198 g/mol. The van der Waals surface area contributed by atoms with Crippen LogP contribution in [0.15, 0.2) is 18.2 Å². The van der Waals surface area contributed by atoms with Crippen molar-refractivity contribution in [2.75, 3.05) is 0 Å². The third kappa shape index (κ3) is 2.02. The zero-order valence-electron chi connectivity index (χ0n) is 8.13. The molecule has 3 heteroatoms. The zero-order valence-corrected chi connectivity index (χ0v) is 8.88. The van der Waals surface area contributed by atoms with E-state index in [0.717, 1.165) is 11.5 Å². The van der Waals surface area contributed by atoms with Gasteiger partial charge >= 0.3 is 0 Å². The fraction of sp³-hybridized carbons (Fsp3) is 0.455. The van der Waals surface area contributed by atoms with Gasteiger partial charge in [0.25, 0.3) is 0 Å². The molecule has 0 radical (unpaired) electrons. The highest BCUT2D eigenvalue weighted by molar-refractivity contribution is 6.31. The Balaban J connectivity index is 2.01. The second-order valence-corrected chi connectivity index (χ2v) is 4.35. The van der Waals surface area contributed by atoms with Gasteiger partial charge in [-0.1, -0.05) is 24.6 Å². The monoisotopic (exact) mass is 211 g/mol. The van der Waals surface area contributed by atoms with E-state index in [0.29, 0.717) is 17.6 Å². The average molecular weight is 212 g/mol. The van der Waals surface area contributed by atoms with E-state index in [1.54, 1.807) is 18.2 Å². The molecule has 0 unspecified atom stereocenters. The summed E-state index contributed by atoms with van der Waals surface area (Å²) in [5.41, 5.74) is 0.799. The fourth-order valence-corrected chi connectivity index (χ4v) is 1.80. The van der Waals surface area contributed by atoms with Crippen LogP contribution in [0.2, 0.25) is 5.02 Å². The van der Waals surface area contributed by atoms with Gasteiger partial charge < -0.3 is 10.4 Å². The van der Waals surface area contributed by atoms with Crippen molar-refractivity contribution in [1.29, 1.82) is 0 Å². The van der Waals surface area contributed by atoms with Crippen LogP contribution in [0.1, 0.15) is 18.9 Å². The Morgan fingerprint density at radius 2 is 2.29 bits per heavy atom. The number of phenols is 1. The number of hydrogen-bond acceptors (Lipinski definition) is 2. The number of benzene rings is 1. The molecule has 0 bridgehead atoms. The first-order valence-electron chi connectivity index (χ1n) is 4.88. The van der Waals surface area contributed by atoms with Crippen molar-refractivity contribution in [2.45, 2.75) is 25.9 Å². The Kier molecular flexibility index (Phi) is 2.66. The smallest absolute Gasteiger partial charge is 0.121 e. The van der Waals surface area contributed by atoms with E-state index in [-0.39, 0.29) is 5.75 Å². The van der Waals surface area contributed by atoms with Crippen LogP contribution in [-0.2, 0) is 6.54 Å². The minimum atomic E-state index is 0.276. The molecule has 0 aliphatic heterocycles. The highest BCUT2D eigenvalue weighted by Crippen LogP contribution is 2.31. The molecule has 1 aromatic rings. The van der Waals surface area contributed by atoms with E-state index in [2.05, 4.69) is 12.2 Å². The molecule has 1 aromatic carbocycles. The Labute approximate surface area is 88.9 Å². The Hall–Kier alpha value is -0.730. The highest BCUT2D eigenvalue weighted by atomic mass is 35.5. The molecule has 2 rings (SSSR count). The lowest BCUT2D eigenvalue weighted by Gasteiger charge is -2.07. The molecule has 1 aliphatic rings. The summed E-state index contributed by atoms with van der Waals surface area (Å²) in [6.07, 6.45) is 1.23. The summed E-state index contributed by atoms with van der Waals surface area (Å²) in [7, 11) is 0. The van der Waals surface area contributed by atoms with E-state index < -0.39 is 0 Å². The normalized spacial score (nSPS) is 25.0. The minimum absolute atomic E-state index is 0.276. The van der Waals surface area contributed by atoms with Gasteiger partial charge in [0.15, 0.2) is 0 Å². The topological polar surface area (TPSA) is 32.3 Å². The SMILES string of the molecule is C[C@@H]1C[C@H]1NCc1c(O)cccc1Cl. The van der Waals surface area contributed by atoms with E-state index in [4.69, 9.17) is 11.6 Å². The number of aromatic hydroxyl groups is 1. The highest BCUT2D eigenvalue weighted by Gasteiger charge is 2.31. The lowest BCUT2D eigenvalue weighted by atomic mass is 10.2. The molecule has 0 spiro atoms. The maximum atomic E-state index is 9.57. The number of nitrogens with one attached hydrogen (secondary N) is 1. The van der Waals surface area contributed by atoms with Crippen LogP contribution in [0, 0.1) is 5.92 Å². The molecule has 1 saturated carbocycles. The molecule has 0 amide bonds. The Morgan fingerprint density at radius 1 is 1.57 bits per heavy atom. The molecule has 1 aliphatic carbocycles. The summed E-state index contributed by atoms with van der Waals surface area (Å²) in [4.78, 5) is 0. The summed E-state index contributed by atoms with van der Waals surface area (Å²) in [5.74, 6) is 1.04. The van der Waals surface area contributed by atoms with Crippen molar-refractivity contribution in [1.82, 2.24) is 5.32 Å². The Morgan fingerprint density at radius 3 is 2.86 bits per heavy atom. The van der Waals surface area contributed by atoms with Crippen molar-refractivity contribution in [3.05, 3.63) is 28.8 Å². The first kappa shape index (κ1) is 9.81. The van der Waals surface area contributed by atoms with Crippen molar-refractivity contribution in [2.24, 2.45) is 5.92 Å². The third-order valence-electron chi connectivity index (χ3n) is 2.74. The number of phenolic OH excluding ortho intramolecular Hbond substituents is 1. The van der Waals surface area contributed by atoms with E-state index in [9.17, 15) is 5.11 Å². The molecule has 2 atom stereocenters. The number of halogens is 1. The predicted octanol–water partition coefficient (Wildman–Crippen LogP) is 2.54. The first-order chi connectivity index (χ1) is 6.68. The molecule has 0 aromatic heterocycles. The maximum absolute atomic E-state index is 9.57. The van der Waals surface area contributed by atoms with Crippen LogP contribution >= 0.6 is 11.6 Å². The van der Waals surface area contributed by atoms with Gasteiger partial charge in [0.1, 0.15) is 5.75 Å². The third-order valence-corrected chi connectivity index (χ3v) is 3.10. The second kappa shape index (κ2) is 3.79. The van der Waals surface area contributed by atoms with Crippen molar-refractivity contribution >= 4 is 11.6 Å². The second-order valence-electron chi connectivity index (χ2n) is 3.94. The van der Waals surface area contributed by atoms with Gasteiger partial charge in [0.2, 0.25) is 0 Å². The van der Waals surface area contributed by atoms with E-state index in [1.807, 2.05) is 0 Å². The molecular formula is C11H14ClNO. The Bertz CT molecular complexity index is 320. The van der Waals surface area contributed by atoms with Crippen LogP contribution in [-0.4, -0.2) is 11.1 Å².